The Labute approximate surface area is 99.6 Å². The van der Waals surface area contributed by atoms with Crippen LogP contribution >= 0.6 is 0 Å². The van der Waals surface area contributed by atoms with Crippen LogP contribution in [0.1, 0.15) is 53.4 Å². The van der Waals surface area contributed by atoms with E-state index in [-0.39, 0.29) is 6.04 Å². The Kier molecular flexibility index (Phi) is 5.26. The highest BCUT2D eigenvalue weighted by atomic mass is 16.2. The molecule has 3 nitrogen and oxygen atoms in total. The van der Waals surface area contributed by atoms with E-state index in [1.807, 2.05) is 4.90 Å². The minimum Gasteiger partial charge on any atom is -0.326 e. The van der Waals surface area contributed by atoms with E-state index in [2.05, 4.69) is 33.0 Å². The number of nitrogens with one attached hydrogen (secondary N) is 1. The maximum absolute atomic E-state index is 12.1. The predicted octanol–water partition coefficient (Wildman–Crippen LogP) is 2.37. The summed E-state index contributed by atoms with van der Waals surface area (Å²) in [4.78, 5) is 14.2. The number of hydrogen-bond donors (Lipinski definition) is 1. The van der Waals surface area contributed by atoms with Crippen LogP contribution in [0.2, 0.25) is 0 Å². The number of amides is 1. The van der Waals surface area contributed by atoms with E-state index < -0.39 is 0 Å². The van der Waals surface area contributed by atoms with Crippen LogP contribution in [0, 0.1) is 5.92 Å². The van der Waals surface area contributed by atoms with E-state index in [0.29, 0.717) is 17.9 Å². The van der Waals surface area contributed by atoms with Crippen LogP contribution in [-0.2, 0) is 4.79 Å². The van der Waals surface area contributed by atoms with Gasteiger partial charge < -0.3 is 4.90 Å². The lowest BCUT2D eigenvalue weighted by atomic mass is 9.94. The molecule has 2 unspecified atom stereocenters. The van der Waals surface area contributed by atoms with Crippen molar-refractivity contribution in [3.63, 3.8) is 0 Å². The molecule has 1 saturated heterocycles. The molecular formula is C13H26N2O. The first-order valence-electron chi connectivity index (χ1n) is 6.69. The van der Waals surface area contributed by atoms with Crippen molar-refractivity contribution in [1.82, 2.24) is 10.2 Å². The minimum atomic E-state index is 0.0711. The number of nitrogens with zero attached hydrogens (tertiary/aromatic N) is 1. The smallest absolute Gasteiger partial charge is 0.241 e. The standard InChI is InChI=1S/C13H26N2O/c1-5-8-12-13(16)15(9-14-12)10(4)11(6-2)7-3/h10-12,14H,5-9H2,1-4H3. The van der Waals surface area contributed by atoms with Gasteiger partial charge in [0, 0.05) is 6.04 Å². The van der Waals surface area contributed by atoms with Crippen molar-refractivity contribution in [2.75, 3.05) is 6.67 Å². The summed E-state index contributed by atoms with van der Waals surface area (Å²) in [6.07, 6.45) is 4.33. The van der Waals surface area contributed by atoms with Gasteiger partial charge in [-0.1, -0.05) is 40.0 Å². The summed E-state index contributed by atoms with van der Waals surface area (Å²) in [6, 6.07) is 0.443. The Morgan fingerprint density at radius 2 is 2.00 bits per heavy atom. The lowest BCUT2D eigenvalue weighted by molar-refractivity contribution is -0.131. The monoisotopic (exact) mass is 226 g/mol. The lowest BCUT2D eigenvalue weighted by Crippen LogP contribution is -2.41. The molecule has 94 valence electrons. The van der Waals surface area contributed by atoms with Crippen molar-refractivity contribution < 1.29 is 4.79 Å². The summed E-state index contributed by atoms with van der Waals surface area (Å²) < 4.78 is 0. The van der Waals surface area contributed by atoms with Crippen molar-refractivity contribution in [3.8, 4) is 0 Å². The maximum Gasteiger partial charge on any atom is 0.241 e. The number of rotatable bonds is 6. The molecule has 0 spiro atoms. The van der Waals surface area contributed by atoms with Crippen LogP contribution in [0.3, 0.4) is 0 Å². The van der Waals surface area contributed by atoms with Gasteiger partial charge in [0.1, 0.15) is 0 Å². The SMILES string of the molecule is CCCC1NCN(C(C)C(CC)CC)C1=O. The summed E-state index contributed by atoms with van der Waals surface area (Å²) in [5.74, 6) is 0.937. The van der Waals surface area contributed by atoms with Gasteiger partial charge in [0.05, 0.1) is 12.7 Å². The largest absolute Gasteiger partial charge is 0.326 e. The van der Waals surface area contributed by atoms with Gasteiger partial charge in [-0.05, 0) is 19.3 Å². The number of hydrogen-bond acceptors (Lipinski definition) is 2. The van der Waals surface area contributed by atoms with Gasteiger partial charge in [0.15, 0.2) is 0 Å². The van der Waals surface area contributed by atoms with Gasteiger partial charge in [-0.3, -0.25) is 10.1 Å². The molecule has 0 bridgehead atoms. The third-order valence-corrected chi connectivity index (χ3v) is 3.89. The second kappa shape index (κ2) is 6.24. The van der Waals surface area contributed by atoms with Crippen LogP contribution in [0.5, 0.6) is 0 Å². The van der Waals surface area contributed by atoms with Crippen molar-refractivity contribution in [1.29, 1.82) is 0 Å². The maximum atomic E-state index is 12.1. The molecule has 0 aromatic carbocycles. The van der Waals surface area contributed by atoms with Crippen molar-refractivity contribution >= 4 is 5.91 Å². The molecule has 1 N–H and O–H groups in total. The molecule has 0 aliphatic carbocycles. The summed E-state index contributed by atoms with van der Waals surface area (Å²) in [5, 5.41) is 3.32. The normalized spacial score (nSPS) is 23.2. The fraction of sp³-hybridized carbons (Fsp3) is 0.923. The molecule has 1 aliphatic heterocycles. The highest BCUT2D eigenvalue weighted by Crippen LogP contribution is 2.21. The summed E-state index contributed by atoms with van der Waals surface area (Å²) in [6.45, 7) is 9.47. The van der Waals surface area contributed by atoms with Gasteiger partial charge in [-0.25, -0.2) is 0 Å². The highest BCUT2D eigenvalue weighted by Gasteiger charge is 2.34. The quantitative estimate of drug-likeness (QED) is 0.754. The van der Waals surface area contributed by atoms with Crippen molar-refractivity contribution in [3.05, 3.63) is 0 Å². The number of carbonyl (C=O) groups is 1. The predicted molar refractivity (Wildman–Crippen MR) is 67.1 cm³/mol. The Hall–Kier alpha value is -0.570. The third-order valence-electron chi connectivity index (χ3n) is 3.89. The van der Waals surface area contributed by atoms with Crippen molar-refractivity contribution in [2.24, 2.45) is 5.92 Å². The van der Waals surface area contributed by atoms with E-state index in [0.717, 1.165) is 32.4 Å². The van der Waals surface area contributed by atoms with E-state index in [1.165, 1.54) is 0 Å². The highest BCUT2D eigenvalue weighted by molar-refractivity contribution is 5.84. The van der Waals surface area contributed by atoms with Gasteiger partial charge in [-0.2, -0.15) is 0 Å². The molecule has 1 rings (SSSR count). The topological polar surface area (TPSA) is 32.3 Å². The summed E-state index contributed by atoms with van der Waals surface area (Å²) >= 11 is 0. The fourth-order valence-electron chi connectivity index (χ4n) is 2.66. The Morgan fingerprint density at radius 3 is 2.50 bits per heavy atom. The molecule has 1 amide bonds. The first-order chi connectivity index (χ1) is 7.65. The van der Waals surface area contributed by atoms with Crippen LogP contribution in [0.25, 0.3) is 0 Å². The minimum absolute atomic E-state index is 0.0711. The molecule has 0 radical (unpaired) electrons. The average molecular weight is 226 g/mol. The molecule has 0 aromatic heterocycles. The lowest BCUT2D eigenvalue weighted by Gasteiger charge is -2.30. The molecule has 0 saturated carbocycles. The molecule has 16 heavy (non-hydrogen) atoms. The van der Waals surface area contributed by atoms with Gasteiger partial charge >= 0.3 is 0 Å². The van der Waals surface area contributed by atoms with Crippen LogP contribution < -0.4 is 5.32 Å². The Morgan fingerprint density at radius 1 is 1.38 bits per heavy atom. The second-order valence-corrected chi connectivity index (χ2v) is 4.83. The zero-order valence-corrected chi connectivity index (χ0v) is 11.1. The van der Waals surface area contributed by atoms with E-state index >= 15 is 0 Å². The van der Waals surface area contributed by atoms with E-state index in [1.54, 1.807) is 0 Å². The zero-order valence-electron chi connectivity index (χ0n) is 11.1. The van der Waals surface area contributed by atoms with Crippen LogP contribution in [0.4, 0.5) is 0 Å². The van der Waals surface area contributed by atoms with E-state index in [4.69, 9.17) is 0 Å². The average Bonchev–Trinajstić information content (AvgIpc) is 2.63. The number of carbonyl (C=O) groups excluding carboxylic acids is 1. The van der Waals surface area contributed by atoms with Crippen molar-refractivity contribution in [2.45, 2.75) is 65.5 Å². The first kappa shape index (κ1) is 13.5. The zero-order chi connectivity index (χ0) is 12.1. The molecule has 2 atom stereocenters. The van der Waals surface area contributed by atoms with Gasteiger partial charge in [0.2, 0.25) is 5.91 Å². The third kappa shape index (κ3) is 2.76. The van der Waals surface area contributed by atoms with E-state index in [9.17, 15) is 4.79 Å². The summed E-state index contributed by atoms with van der Waals surface area (Å²) in [5.41, 5.74) is 0. The van der Waals surface area contributed by atoms with Gasteiger partial charge in [-0.15, -0.1) is 0 Å². The molecular weight excluding hydrogens is 200 g/mol. The molecule has 1 aliphatic rings. The van der Waals surface area contributed by atoms with Crippen LogP contribution in [-0.4, -0.2) is 29.6 Å². The van der Waals surface area contributed by atoms with Gasteiger partial charge in [0.25, 0.3) is 0 Å². The first-order valence-corrected chi connectivity index (χ1v) is 6.69. The molecule has 1 heterocycles. The molecule has 3 heteroatoms. The Bertz CT molecular complexity index is 226. The summed E-state index contributed by atoms with van der Waals surface area (Å²) in [7, 11) is 0. The Balaban J connectivity index is 2.58. The molecule has 1 fully saturated rings. The fourth-order valence-corrected chi connectivity index (χ4v) is 2.66. The van der Waals surface area contributed by atoms with Crippen LogP contribution in [0.15, 0.2) is 0 Å². The second-order valence-electron chi connectivity index (χ2n) is 4.83. The molecule has 0 aromatic rings.